The number of aromatic nitrogens is 2. The quantitative estimate of drug-likeness (QED) is 0.668. The molecule has 1 atom stereocenters. The van der Waals surface area contributed by atoms with Gasteiger partial charge in [-0.1, -0.05) is 0 Å². The minimum atomic E-state index is -3.34. The van der Waals surface area contributed by atoms with E-state index in [2.05, 4.69) is 30.8 Å². The first-order valence-corrected chi connectivity index (χ1v) is 12.0. The summed E-state index contributed by atoms with van der Waals surface area (Å²) in [6.07, 6.45) is 5.25. The number of hydrogen-bond donors (Lipinski definition) is 0. The Morgan fingerprint density at radius 1 is 1.14 bits per heavy atom. The van der Waals surface area contributed by atoms with Crippen LogP contribution in [-0.4, -0.2) is 67.7 Å². The number of amides is 1. The first-order valence-electron chi connectivity index (χ1n) is 9.38. The number of anilines is 2. The molecular weight excluding hydrogens is 458 g/mol. The van der Waals surface area contributed by atoms with Gasteiger partial charge in [0.05, 0.1) is 16.4 Å². The Balaban J connectivity index is 1.46. The van der Waals surface area contributed by atoms with E-state index in [0.29, 0.717) is 49.8 Å². The van der Waals surface area contributed by atoms with Crippen molar-refractivity contribution in [3.05, 3.63) is 46.2 Å². The van der Waals surface area contributed by atoms with Crippen LogP contribution in [-0.2, 0) is 16.4 Å². The molecule has 0 spiro atoms. The zero-order valence-electron chi connectivity index (χ0n) is 16.2. The molecule has 1 saturated heterocycles. The zero-order chi connectivity index (χ0) is 20.8. The maximum atomic E-state index is 13.0. The number of piperazine rings is 1. The van der Waals surface area contributed by atoms with Gasteiger partial charge >= 0.3 is 0 Å². The molecule has 2 aliphatic heterocycles. The largest absolute Gasteiger partial charge is 0.337 e. The molecule has 29 heavy (non-hydrogen) atoms. The minimum absolute atomic E-state index is 0.0327. The summed E-state index contributed by atoms with van der Waals surface area (Å²) in [5, 5.41) is 0. The van der Waals surface area contributed by atoms with Crippen LogP contribution in [0.15, 0.2) is 35.1 Å². The predicted molar refractivity (Wildman–Crippen MR) is 115 cm³/mol. The van der Waals surface area contributed by atoms with E-state index in [9.17, 15) is 13.2 Å². The van der Waals surface area contributed by atoms with Crippen LogP contribution in [0.4, 0.5) is 11.6 Å². The lowest BCUT2D eigenvalue weighted by Crippen LogP contribution is -2.49. The van der Waals surface area contributed by atoms with Crippen molar-refractivity contribution in [2.45, 2.75) is 19.4 Å². The van der Waals surface area contributed by atoms with Crippen molar-refractivity contribution in [1.82, 2.24) is 14.9 Å². The summed E-state index contributed by atoms with van der Waals surface area (Å²) in [5.41, 5.74) is 2.17. The highest BCUT2D eigenvalue weighted by molar-refractivity contribution is 9.10. The molecule has 1 fully saturated rings. The lowest BCUT2D eigenvalue weighted by atomic mass is 10.1. The molecule has 1 aromatic carbocycles. The van der Waals surface area contributed by atoms with Gasteiger partial charge in [0.15, 0.2) is 0 Å². The maximum absolute atomic E-state index is 13.0. The molecule has 10 heteroatoms. The van der Waals surface area contributed by atoms with Gasteiger partial charge in [0, 0.05) is 50.2 Å². The second-order valence-corrected chi connectivity index (χ2v) is 10.2. The summed E-state index contributed by atoms with van der Waals surface area (Å²) in [4.78, 5) is 25.5. The SMILES string of the molecule is CC1Cc2cc(C(=O)N3CCN(c4ncc(Br)cn4)CC3)ccc2N1S(C)(=O)=O. The second kappa shape index (κ2) is 7.56. The van der Waals surface area contributed by atoms with Gasteiger partial charge in [-0.15, -0.1) is 0 Å². The monoisotopic (exact) mass is 479 g/mol. The number of sulfonamides is 1. The van der Waals surface area contributed by atoms with Gasteiger partial charge in [-0.2, -0.15) is 0 Å². The Hall–Kier alpha value is -2.20. The highest BCUT2D eigenvalue weighted by Gasteiger charge is 2.33. The third kappa shape index (κ3) is 3.95. The summed E-state index contributed by atoms with van der Waals surface area (Å²) in [5.74, 6) is 0.627. The normalized spacial score (nSPS) is 19.4. The lowest BCUT2D eigenvalue weighted by Gasteiger charge is -2.34. The second-order valence-electron chi connectivity index (χ2n) is 7.44. The average Bonchev–Trinajstić information content (AvgIpc) is 3.03. The van der Waals surface area contributed by atoms with Crippen LogP contribution in [0.3, 0.4) is 0 Å². The maximum Gasteiger partial charge on any atom is 0.253 e. The molecule has 0 saturated carbocycles. The highest BCUT2D eigenvalue weighted by Crippen LogP contribution is 2.35. The fourth-order valence-electron chi connectivity index (χ4n) is 4.00. The van der Waals surface area contributed by atoms with Gasteiger partial charge in [0.2, 0.25) is 16.0 Å². The van der Waals surface area contributed by atoms with Crippen molar-refractivity contribution in [3.8, 4) is 0 Å². The number of fused-ring (bicyclic) bond motifs is 1. The predicted octanol–water partition coefficient (Wildman–Crippen LogP) is 1.91. The van der Waals surface area contributed by atoms with E-state index in [1.165, 1.54) is 10.6 Å². The molecule has 2 aliphatic rings. The van der Waals surface area contributed by atoms with E-state index < -0.39 is 10.0 Å². The number of carbonyl (C=O) groups is 1. The van der Waals surface area contributed by atoms with Gasteiger partial charge in [-0.3, -0.25) is 9.10 Å². The molecule has 0 N–H and O–H groups in total. The minimum Gasteiger partial charge on any atom is -0.337 e. The van der Waals surface area contributed by atoms with Crippen LogP contribution in [0, 0.1) is 0 Å². The summed E-state index contributed by atoms with van der Waals surface area (Å²) in [6.45, 7) is 4.38. The van der Waals surface area contributed by atoms with Crippen LogP contribution in [0.25, 0.3) is 0 Å². The average molecular weight is 480 g/mol. The van der Waals surface area contributed by atoms with Crippen LogP contribution < -0.4 is 9.21 Å². The van der Waals surface area contributed by atoms with Gasteiger partial charge in [0.1, 0.15) is 0 Å². The van der Waals surface area contributed by atoms with E-state index in [0.717, 1.165) is 10.0 Å². The van der Waals surface area contributed by atoms with Crippen molar-refractivity contribution < 1.29 is 13.2 Å². The number of hydrogen-bond acceptors (Lipinski definition) is 6. The summed E-state index contributed by atoms with van der Waals surface area (Å²) in [7, 11) is -3.34. The van der Waals surface area contributed by atoms with E-state index in [1.54, 1.807) is 24.5 Å². The molecule has 3 heterocycles. The Morgan fingerprint density at radius 3 is 2.41 bits per heavy atom. The molecule has 2 aromatic rings. The zero-order valence-corrected chi connectivity index (χ0v) is 18.6. The topological polar surface area (TPSA) is 86.7 Å². The number of carbonyl (C=O) groups excluding carboxylic acids is 1. The fourth-order valence-corrected chi connectivity index (χ4v) is 5.47. The standard InChI is InChI=1S/C19H22BrN5O3S/c1-13-9-15-10-14(3-4-17(15)25(13)29(2,27)28)18(26)23-5-7-24(8-6-23)19-21-11-16(20)12-22-19/h3-4,10-13H,5-9H2,1-2H3. The first kappa shape index (κ1) is 20.1. The fraction of sp³-hybridized carbons (Fsp3) is 0.421. The van der Waals surface area contributed by atoms with E-state index in [1.807, 2.05) is 17.9 Å². The number of rotatable bonds is 3. The molecule has 8 nitrogen and oxygen atoms in total. The number of halogens is 1. The molecule has 0 radical (unpaired) electrons. The Bertz CT molecular complexity index is 1040. The van der Waals surface area contributed by atoms with Crippen LogP contribution in [0.1, 0.15) is 22.8 Å². The smallest absolute Gasteiger partial charge is 0.253 e. The van der Waals surface area contributed by atoms with Crippen molar-refractivity contribution in [2.75, 3.05) is 41.6 Å². The van der Waals surface area contributed by atoms with Crippen molar-refractivity contribution >= 4 is 43.5 Å². The van der Waals surface area contributed by atoms with Gasteiger partial charge in [-0.25, -0.2) is 18.4 Å². The molecule has 154 valence electrons. The molecular formula is C19H22BrN5O3S. The van der Waals surface area contributed by atoms with Crippen LogP contribution >= 0.6 is 15.9 Å². The number of nitrogens with zero attached hydrogens (tertiary/aromatic N) is 5. The van der Waals surface area contributed by atoms with Crippen LogP contribution in [0.5, 0.6) is 0 Å². The van der Waals surface area contributed by atoms with E-state index in [-0.39, 0.29) is 11.9 Å². The Labute approximate surface area is 178 Å². The van der Waals surface area contributed by atoms with Gasteiger partial charge in [0.25, 0.3) is 5.91 Å². The molecule has 0 bridgehead atoms. The number of benzene rings is 1. The molecule has 1 unspecified atom stereocenters. The van der Waals surface area contributed by atoms with Gasteiger partial charge < -0.3 is 9.80 Å². The van der Waals surface area contributed by atoms with Crippen LogP contribution in [0.2, 0.25) is 0 Å². The van der Waals surface area contributed by atoms with E-state index >= 15 is 0 Å². The Kier molecular flexibility index (Phi) is 5.24. The molecule has 0 aliphatic carbocycles. The van der Waals surface area contributed by atoms with E-state index in [4.69, 9.17) is 0 Å². The van der Waals surface area contributed by atoms with Crippen molar-refractivity contribution in [2.24, 2.45) is 0 Å². The highest BCUT2D eigenvalue weighted by atomic mass is 79.9. The van der Waals surface area contributed by atoms with Gasteiger partial charge in [-0.05, 0) is 53.0 Å². The molecule has 1 aromatic heterocycles. The molecule has 1 amide bonds. The first-order chi connectivity index (χ1) is 13.7. The molecule has 4 rings (SSSR count). The third-order valence-electron chi connectivity index (χ3n) is 5.29. The van der Waals surface area contributed by atoms with Crippen molar-refractivity contribution in [1.29, 1.82) is 0 Å². The summed E-state index contributed by atoms with van der Waals surface area (Å²) in [6, 6.07) is 5.17. The van der Waals surface area contributed by atoms with Crippen molar-refractivity contribution in [3.63, 3.8) is 0 Å². The Morgan fingerprint density at radius 2 is 1.79 bits per heavy atom. The lowest BCUT2D eigenvalue weighted by molar-refractivity contribution is 0.0746. The third-order valence-corrected chi connectivity index (χ3v) is 6.97. The summed E-state index contributed by atoms with van der Waals surface area (Å²) >= 11 is 3.33. The summed E-state index contributed by atoms with van der Waals surface area (Å²) < 4.78 is 26.4.